The molecule has 0 radical (unpaired) electrons. The van der Waals surface area contributed by atoms with Crippen molar-refractivity contribution in [1.29, 1.82) is 0 Å². The summed E-state index contributed by atoms with van der Waals surface area (Å²) in [5.74, 6) is 0.754. The number of hydrogen-bond donors (Lipinski definition) is 0. The highest BCUT2D eigenvalue weighted by Crippen LogP contribution is 2.30. The average molecular weight is 171 g/mol. The van der Waals surface area contributed by atoms with E-state index < -0.39 is 0 Å². The van der Waals surface area contributed by atoms with Crippen molar-refractivity contribution in [3.63, 3.8) is 0 Å². The van der Waals surface area contributed by atoms with Crippen molar-refractivity contribution in [2.24, 2.45) is 10.3 Å². The Labute approximate surface area is 73.8 Å². The summed E-state index contributed by atoms with van der Waals surface area (Å²) in [4.78, 5) is 0. The van der Waals surface area contributed by atoms with Crippen LogP contribution in [0.15, 0.2) is 4.40 Å². The van der Waals surface area contributed by atoms with Crippen molar-refractivity contribution < 1.29 is 0 Å². The summed E-state index contributed by atoms with van der Waals surface area (Å²) < 4.78 is 4.80. The molecule has 0 N–H and O–H groups in total. The first-order valence-electron chi connectivity index (χ1n) is 4.24. The molecule has 0 heterocycles. The third-order valence-corrected chi connectivity index (χ3v) is 2.71. The Morgan fingerprint density at radius 3 is 2.36 bits per heavy atom. The Balaban J connectivity index is 2.36. The molecule has 1 rings (SSSR count). The number of rotatable bonds is 1. The van der Waals surface area contributed by atoms with E-state index >= 15 is 0 Å². The van der Waals surface area contributed by atoms with Crippen LogP contribution in [0.4, 0.5) is 0 Å². The molecule has 0 bridgehead atoms. The van der Waals surface area contributed by atoms with Crippen molar-refractivity contribution in [2.75, 3.05) is 0 Å². The van der Waals surface area contributed by atoms with Crippen LogP contribution in [0.1, 0.15) is 40.5 Å². The van der Waals surface area contributed by atoms with Gasteiger partial charge in [-0.3, -0.25) is 0 Å². The van der Waals surface area contributed by atoms with Gasteiger partial charge in [0.05, 0.1) is 0 Å². The highest BCUT2D eigenvalue weighted by atomic mass is 32.2. The first-order chi connectivity index (χ1) is 4.99. The van der Waals surface area contributed by atoms with Crippen LogP contribution in [0.5, 0.6) is 0 Å². The van der Waals surface area contributed by atoms with E-state index in [0.29, 0.717) is 0 Å². The fraction of sp³-hybridized carbons (Fsp3) is 0.889. The van der Waals surface area contributed by atoms with E-state index in [9.17, 15) is 0 Å². The van der Waals surface area contributed by atoms with Gasteiger partial charge in [0, 0.05) is 10.5 Å². The van der Waals surface area contributed by atoms with Crippen LogP contribution < -0.4 is 0 Å². The van der Waals surface area contributed by atoms with Gasteiger partial charge in [-0.2, -0.15) is 0 Å². The molecule has 64 valence electrons. The molecule has 1 aliphatic carbocycles. The van der Waals surface area contributed by atoms with Gasteiger partial charge in [0.15, 0.2) is 0 Å². The van der Waals surface area contributed by atoms with Gasteiger partial charge in [-0.1, -0.05) is 6.92 Å². The highest BCUT2D eigenvalue weighted by Gasteiger charge is 2.22. The van der Waals surface area contributed by atoms with Gasteiger partial charge < -0.3 is 0 Å². The summed E-state index contributed by atoms with van der Waals surface area (Å²) in [5, 5.41) is 0. The molecule has 0 spiro atoms. The zero-order chi connectivity index (χ0) is 8.48. The zero-order valence-corrected chi connectivity index (χ0v) is 8.66. The van der Waals surface area contributed by atoms with Crippen molar-refractivity contribution in [3.8, 4) is 0 Å². The van der Waals surface area contributed by atoms with Gasteiger partial charge in [-0.25, -0.2) is 4.40 Å². The Morgan fingerprint density at radius 1 is 1.45 bits per heavy atom. The topological polar surface area (TPSA) is 12.4 Å². The van der Waals surface area contributed by atoms with Gasteiger partial charge in [0.25, 0.3) is 0 Å². The average Bonchev–Trinajstić information content (AvgIpc) is 1.82. The standard InChI is InChI=1S/C9H17NS/c1-7-5-6-8(7)10-11-9(2,3)4/h7H,5-6H2,1-4H3. The number of hydrogen-bond acceptors (Lipinski definition) is 2. The van der Waals surface area contributed by atoms with Crippen LogP contribution in [0, 0.1) is 5.92 Å². The number of nitrogens with zero attached hydrogens (tertiary/aromatic N) is 1. The second-order valence-corrected chi connectivity index (χ2v) is 5.82. The van der Waals surface area contributed by atoms with Crippen LogP contribution >= 0.6 is 11.9 Å². The van der Waals surface area contributed by atoms with Crippen molar-refractivity contribution in [2.45, 2.75) is 45.3 Å². The Bertz CT molecular complexity index is 167. The second kappa shape index (κ2) is 3.18. The van der Waals surface area contributed by atoms with E-state index in [1.165, 1.54) is 18.6 Å². The molecule has 0 aromatic heterocycles. The second-order valence-electron chi connectivity index (χ2n) is 4.23. The van der Waals surface area contributed by atoms with Gasteiger partial charge in [0.2, 0.25) is 0 Å². The third-order valence-electron chi connectivity index (χ3n) is 1.84. The fourth-order valence-corrected chi connectivity index (χ4v) is 1.56. The lowest BCUT2D eigenvalue weighted by molar-refractivity contribution is 0.607. The van der Waals surface area contributed by atoms with Gasteiger partial charge in [0.1, 0.15) is 0 Å². The summed E-state index contributed by atoms with van der Waals surface area (Å²) >= 11 is 1.71. The van der Waals surface area contributed by atoms with E-state index in [1.807, 2.05) is 0 Å². The van der Waals surface area contributed by atoms with Crippen LogP contribution in [0.25, 0.3) is 0 Å². The fourth-order valence-electron chi connectivity index (χ4n) is 0.893. The van der Waals surface area contributed by atoms with E-state index in [0.717, 1.165) is 5.92 Å². The minimum absolute atomic E-state index is 0.280. The Kier molecular flexibility index (Phi) is 2.63. The molecule has 1 saturated carbocycles. The quantitative estimate of drug-likeness (QED) is 0.551. The molecule has 1 unspecified atom stereocenters. The molecule has 2 heteroatoms. The minimum atomic E-state index is 0.280. The first-order valence-corrected chi connectivity index (χ1v) is 5.01. The van der Waals surface area contributed by atoms with E-state index in [2.05, 4.69) is 32.1 Å². The molecule has 0 aromatic rings. The molecule has 1 fully saturated rings. The summed E-state index contributed by atoms with van der Waals surface area (Å²) in [5.41, 5.74) is 1.41. The SMILES string of the molecule is CC1CCC1=NSC(C)(C)C. The summed E-state index contributed by atoms with van der Waals surface area (Å²) in [6.07, 6.45) is 2.56. The Morgan fingerprint density at radius 2 is 2.09 bits per heavy atom. The maximum atomic E-state index is 4.52. The molecule has 1 aliphatic rings. The maximum Gasteiger partial charge on any atom is 0.0294 e. The van der Waals surface area contributed by atoms with Crippen molar-refractivity contribution in [3.05, 3.63) is 0 Å². The molecule has 1 atom stereocenters. The molecule has 1 nitrogen and oxygen atoms in total. The smallest absolute Gasteiger partial charge is 0.0294 e. The van der Waals surface area contributed by atoms with Crippen LogP contribution in [0.2, 0.25) is 0 Å². The molecule has 0 aromatic carbocycles. The van der Waals surface area contributed by atoms with Crippen LogP contribution in [0.3, 0.4) is 0 Å². The van der Waals surface area contributed by atoms with Crippen LogP contribution in [-0.4, -0.2) is 10.5 Å². The van der Waals surface area contributed by atoms with Crippen molar-refractivity contribution >= 4 is 17.7 Å². The van der Waals surface area contributed by atoms with Crippen LogP contribution in [-0.2, 0) is 0 Å². The first kappa shape index (κ1) is 9.11. The molecule has 11 heavy (non-hydrogen) atoms. The lowest BCUT2D eigenvalue weighted by Gasteiger charge is -2.25. The normalized spacial score (nSPS) is 28.7. The van der Waals surface area contributed by atoms with Crippen molar-refractivity contribution in [1.82, 2.24) is 0 Å². The van der Waals surface area contributed by atoms with E-state index in [-0.39, 0.29) is 4.75 Å². The van der Waals surface area contributed by atoms with E-state index in [4.69, 9.17) is 0 Å². The van der Waals surface area contributed by atoms with E-state index in [1.54, 1.807) is 11.9 Å². The molecular weight excluding hydrogens is 154 g/mol. The minimum Gasteiger partial charge on any atom is -0.225 e. The summed E-state index contributed by atoms with van der Waals surface area (Å²) in [6, 6.07) is 0. The molecule has 0 amide bonds. The Hall–Kier alpha value is 0.0200. The largest absolute Gasteiger partial charge is 0.225 e. The van der Waals surface area contributed by atoms with Gasteiger partial charge >= 0.3 is 0 Å². The molecular formula is C9H17NS. The summed E-state index contributed by atoms with van der Waals surface area (Å²) in [6.45, 7) is 8.85. The molecule has 0 aliphatic heterocycles. The molecule has 0 saturated heterocycles. The maximum absolute atomic E-state index is 4.52. The van der Waals surface area contributed by atoms with Gasteiger partial charge in [-0.05, 0) is 51.5 Å². The monoisotopic (exact) mass is 171 g/mol. The zero-order valence-electron chi connectivity index (χ0n) is 7.85. The lowest BCUT2D eigenvalue weighted by Crippen LogP contribution is -2.22. The lowest BCUT2D eigenvalue weighted by atomic mass is 9.85. The predicted octanol–water partition coefficient (Wildman–Crippen LogP) is 3.30. The third kappa shape index (κ3) is 2.86. The highest BCUT2D eigenvalue weighted by molar-refractivity contribution is 7.99. The predicted molar refractivity (Wildman–Crippen MR) is 53.2 cm³/mol. The summed E-state index contributed by atoms with van der Waals surface area (Å²) in [7, 11) is 0. The van der Waals surface area contributed by atoms with Gasteiger partial charge in [-0.15, -0.1) is 0 Å².